The maximum Gasteiger partial charge on any atom is 0.146 e. The van der Waals surface area contributed by atoms with Crippen molar-refractivity contribution in [2.75, 3.05) is 20.0 Å². The van der Waals surface area contributed by atoms with E-state index in [1.54, 1.807) is 0 Å². The van der Waals surface area contributed by atoms with Crippen molar-refractivity contribution in [2.24, 2.45) is 23.7 Å². The van der Waals surface area contributed by atoms with E-state index in [0.29, 0.717) is 6.79 Å². The maximum absolute atomic E-state index is 5.51. The second-order valence-corrected chi connectivity index (χ2v) is 10.3. The minimum absolute atomic E-state index is 0.462. The third-order valence-corrected chi connectivity index (χ3v) is 5.15. The average molecular weight is 454 g/mol. The molecule has 0 aliphatic rings. The molecule has 0 aromatic carbocycles. The van der Waals surface area contributed by atoms with Gasteiger partial charge in [-0.05, 0) is 68.6 Å². The molecule has 5 unspecified atom stereocenters. The van der Waals surface area contributed by atoms with Gasteiger partial charge in [-0.25, -0.2) is 0 Å². The fraction of sp³-hybridized carbons (Fsp3) is 1.00. The molecule has 0 bridgehead atoms. The summed E-state index contributed by atoms with van der Waals surface area (Å²) >= 11 is 2.55. The Kier molecular flexibility index (Phi) is 16.3. The Morgan fingerprint density at radius 1 is 0.708 bits per heavy atom. The highest BCUT2D eigenvalue weighted by molar-refractivity contribution is 14.1. The first-order valence-electron chi connectivity index (χ1n) is 10.1. The predicted molar refractivity (Wildman–Crippen MR) is 115 cm³/mol. The summed E-state index contributed by atoms with van der Waals surface area (Å²) in [6.07, 6.45) is 8.97. The molecule has 0 heterocycles. The van der Waals surface area contributed by atoms with E-state index >= 15 is 0 Å². The molecule has 0 aromatic rings. The van der Waals surface area contributed by atoms with Gasteiger partial charge in [0.25, 0.3) is 0 Å². The third kappa shape index (κ3) is 16.1. The Bertz CT molecular complexity index is 271. The summed E-state index contributed by atoms with van der Waals surface area (Å²) in [5.41, 5.74) is 0. The van der Waals surface area contributed by atoms with Crippen LogP contribution in [0.5, 0.6) is 0 Å². The molecule has 0 saturated heterocycles. The molecule has 0 rings (SSSR count). The second kappa shape index (κ2) is 15.9. The zero-order valence-electron chi connectivity index (χ0n) is 17.2. The normalized spacial score (nSPS) is 18.1. The van der Waals surface area contributed by atoms with Gasteiger partial charge in [-0.3, -0.25) is 0 Å². The second-order valence-electron chi connectivity index (χ2n) is 8.22. The van der Waals surface area contributed by atoms with Crippen molar-refractivity contribution in [1.82, 2.24) is 0 Å². The number of ether oxygens (including phenoxy) is 2. The van der Waals surface area contributed by atoms with Gasteiger partial charge in [0.05, 0.1) is 0 Å². The van der Waals surface area contributed by atoms with Crippen LogP contribution in [0.15, 0.2) is 0 Å². The summed E-state index contributed by atoms with van der Waals surface area (Å²) in [6.45, 7) is 16.3. The highest BCUT2D eigenvalue weighted by atomic mass is 127. The van der Waals surface area contributed by atoms with E-state index in [-0.39, 0.29) is 0 Å². The third-order valence-electron chi connectivity index (χ3n) is 4.64. The van der Waals surface area contributed by atoms with Crippen LogP contribution in [-0.4, -0.2) is 23.9 Å². The van der Waals surface area contributed by atoms with Gasteiger partial charge in [-0.1, -0.05) is 64.1 Å². The standard InChI is InChI=1S/C21H43IO2/c1-7-10-23-16-24-11-8-9-17(2)12-18(3)13-19(4)14-20(5)15-21(6)22/h17-21H,7-16H2,1-6H3. The molecule has 146 valence electrons. The van der Waals surface area contributed by atoms with Crippen molar-refractivity contribution in [3.63, 3.8) is 0 Å². The maximum atomic E-state index is 5.51. The van der Waals surface area contributed by atoms with Gasteiger partial charge in [-0.2, -0.15) is 0 Å². The van der Waals surface area contributed by atoms with Crippen molar-refractivity contribution in [3.8, 4) is 0 Å². The molecule has 0 saturated carbocycles. The molecule has 0 radical (unpaired) electrons. The molecule has 0 aromatic heterocycles. The minimum Gasteiger partial charge on any atom is -0.355 e. The molecule has 24 heavy (non-hydrogen) atoms. The number of rotatable bonds is 16. The van der Waals surface area contributed by atoms with Crippen molar-refractivity contribution >= 4 is 22.6 Å². The highest BCUT2D eigenvalue weighted by Gasteiger charge is 2.15. The molecular formula is C21H43IO2. The van der Waals surface area contributed by atoms with Gasteiger partial charge in [-0.15, -0.1) is 0 Å². The Morgan fingerprint density at radius 2 is 1.21 bits per heavy atom. The summed E-state index contributed by atoms with van der Waals surface area (Å²) in [4.78, 5) is 0. The van der Waals surface area contributed by atoms with E-state index in [2.05, 4.69) is 64.1 Å². The zero-order valence-corrected chi connectivity index (χ0v) is 19.3. The van der Waals surface area contributed by atoms with Crippen molar-refractivity contribution in [3.05, 3.63) is 0 Å². The Morgan fingerprint density at radius 3 is 1.75 bits per heavy atom. The largest absolute Gasteiger partial charge is 0.355 e. The van der Waals surface area contributed by atoms with Gasteiger partial charge < -0.3 is 9.47 Å². The molecule has 3 heteroatoms. The smallest absolute Gasteiger partial charge is 0.146 e. The van der Waals surface area contributed by atoms with E-state index in [9.17, 15) is 0 Å². The van der Waals surface area contributed by atoms with Crippen LogP contribution in [0.25, 0.3) is 0 Å². The van der Waals surface area contributed by atoms with Gasteiger partial charge in [0, 0.05) is 17.1 Å². The number of hydrogen-bond acceptors (Lipinski definition) is 2. The summed E-state index contributed by atoms with van der Waals surface area (Å²) in [7, 11) is 0. The molecule has 0 spiro atoms. The van der Waals surface area contributed by atoms with E-state index in [1.807, 2.05) is 0 Å². The van der Waals surface area contributed by atoms with Crippen LogP contribution in [0.2, 0.25) is 0 Å². The van der Waals surface area contributed by atoms with Crippen LogP contribution in [0.4, 0.5) is 0 Å². The fourth-order valence-electron chi connectivity index (χ4n) is 3.88. The monoisotopic (exact) mass is 454 g/mol. The molecule has 0 N–H and O–H groups in total. The lowest BCUT2D eigenvalue weighted by Gasteiger charge is -2.23. The fourth-order valence-corrected chi connectivity index (χ4v) is 4.74. The van der Waals surface area contributed by atoms with Gasteiger partial charge in [0.2, 0.25) is 0 Å². The summed E-state index contributed by atoms with van der Waals surface area (Å²) in [5, 5.41) is 0. The van der Waals surface area contributed by atoms with E-state index < -0.39 is 0 Å². The topological polar surface area (TPSA) is 18.5 Å². The summed E-state index contributed by atoms with van der Waals surface area (Å²) in [6, 6.07) is 0. The van der Waals surface area contributed by atoms with Crippen LogP contribution >= 0.6 is 22.6 Å². The number of halogens is 1. The average Bonchev–Trinajstić information content (AvgIpc) is 2.44. The lowest BCUT2D eigenvalue weighted by atomic mass is 9.84. The van der Waals surface area contributed by atoms with Crippen LogP contribution < -0.4 is 0 Å². The first kappa shape index (κ1) is 24.7. The highest BCUT2D eigenvalue weighted by Crippen LogP contribution is 2.27. The molecule has 0 aliphatic carbocycles. The van der Waals surface area contributed by atoms with E-state index in [1.165, 1.54) is 32.1 Å². The Labute approximate surface area is 166 Å². The number of alkyl halides is 1. The van der Waals surface area contributed by atoms with E-state index in [4.69, 9.17) is 9.47 Å². The van der Waals surface area contributed by atoms with Crippen molar-refractivity contribution < 1.29 is 9.47 Å². The van der Waals surface area contributed by atoms with Gasteiger partial charge >= 0.3 is 0 Å². The SMILES string of the molecule is CCCOCOCCCC(C)CC(C)CC(C)CC(C)CC(C)I. The summed E-state index contributed by atoms with van der Waals surface area (Å²) < 4.78 is 11.6. The molecule has 0 amide bonds. The molecule has 5 atom stereocenters. The Balaban J connectivity index is 3.68. The molecule has 2 nitrogen and oxygen atoms in total. The summed E-state index contributed by atoms with van der Waals surface area (Å²) in [5.74, 6) is 3.37. The zero-order chi connectivity index (χ0) is 18.4. The van der Waals surface area contributed by atoms with Crippen LogP contribution in [0.1, 0.15) is 86.5 Å². The molecule has 0 fully saturated rings. The van der Waals surface area contributed by atoms with Crippen LogP contribution in [0, 0.1) is 23.7 Å². The van der Waals surface area contributed by atoms with Gasteiger partial charge in [0.15, 0.2) is 0 Å². The lowest BCUT2D eigenvalue weighted by molar-refractivity contribution is -0.0549. The first-order valence-corrected chi connectivity index (χ1v) is 11.4. The lowest BCUT2D eigenvalue weighted by Crippen LogP contribution is -2.12. The van der Waals surface area contributed by atoms with Crippen LogP contribution in [0.3, 0.4) is 0 Å². The van der Waals surface area contributed by atoms with E-state index in [0.717, 1.165) is 53.7 Å². The molecule has 0 aliphatic heterocycles. The van der Waals surface area contributed by atoms with Gasteiger partial charge in [0.1, 0.15) is 6.79 Å². The Hall–Kier alpha value is 0.650. The van der Waals surface area contributed by atoms with Crippen LogP contribution in [-0.2, 0) is 9.47 Å². The first-order chi connectivity index (χ1) is 11.3. The minimum atomic E-state index is 0.462. The number of hydrogen-bond donors (Lipinski definition) is 0. The van der Waals surface area contributed by atoms with Crippen molar-refractivity contribution in [1.29, 1.82) is 0 Å². The van der Waals surface area contributed by atoms with Crippen molar-refractivity contribution in [2.45, 2.75) is 90.4 Å². The predicted octanol–water partition coefficient (Wildman–Crippen LogP) is 7.10. The molecular weight excluding hydrogens is 411 g/mol. The quantitative estimate of drug-likeness (QED) is 0.107.